The van der Waals surface area contributed by atoms with Crippen LogP contribution in [0.5, 0.6) is 0 Å². The minimum Gasteiger partial charge on any atom is -0.478 e. The van der Waals surface area contributed by atoms with Gasteiger partial charge >= 0.3 is 5.97 Å². The number of anilines is 1. The summed E-state index contributed by atoms with van der Waals surface area (Å²) in [6, 6.07) is 17.0. The summed E-state index contributed by atoms with van der Waals surface area (Å²) in [6.07, 6.45) is 2.18. The van der Waals surface area contributed by atoms with Crippen LogP contribution in [0.4, 0.5) is 5.82 Å². The molecule has 1 fully saturated rings. The number of hydrogen-bond donors (Lipinski definition) is 2. The average Bonchev–Trinajstić information content (AvgIpc) is 3.38. The molecule has 0 radical (unpaired) electrons. The molecule has 1 aliphatic heterocycles. The lowest BCUT2D eigenvalue weighted by atomic mass is 10.1. The van der Waals surface area contributed by atoms with E-state index in [1.807, 2.05) is 37.4 Å². The topological polar surface area (TPSA) is 78.6 Å². The fraction of sp³-hybridized carbons (Fsp3) is 0.273. The van der Waals surface area contributed by atoms with Crippen molar-refractivity contribution >= 4 is 11.8 Å². The standard InChI is InChI=1S/C22H23N3O3/c1-23-21-10-4-8-18(24-21)19-9-5-13-25(19)14-15-11-12-20(28-15)16-6-2-3-7-17(16)22(26)27/h2-4,6-8,10-12,19H,5,9,13-14H2,1H3,(H,23,24)(H,26,27)/t19-/m1/s1. The van der Waals surface area contributed by atoms with Crippen LogP contribution < -0.4 is 5.32 Å². The van der Waals surface area contributed by atoms with Gasteiger partial charge in [-0.15, -0.1) is 0 Å². The van der Waals surface area contributed by atoms with Gasteiger partial charge in [-0.3, -0.25) is 4.90 Å². The van der Waals surface area contributed by atoms with Crippen LogP contribution in [0.25, 0.3) is 11.3 Å². The summed E-state index contributed by atoms with van der Waals surface area (Å²) >= 11 is 0. The zero-order valence-electron chi connectivity index (χ0n) is 15.8. The molecule has 0 bridgehead atoms. The Kier molecular flexibility index (Phi) is 5.12. The van der Waals surface area contributed by atoms with E-state index in [2.05, 4.69) is 16.3 Å². The fourth-order valence-electron chi connectivity index (χ4n) is 3.82. The van der Waals surface area contributed by atoms with Crippen molar-refractivity contribution in [2.45, 2.75) is 25.4 Å². The molecule has 1 aliphatic rings. The van der Waals surface area contributed by atoms with Crippen LogP contribution in [0.3, 0.4) is 0 Å². The summed E-state index contributed by atoms with van der Waals surface area (Å²) in [7, 11) is 1.87. The lowest BCUT2D eigenvalue weighted by Gasteiger charge is -2.23. The molecule has 0 spiro atoms. The summed E-state index contributed by atoms with van der Waals surface area (Å²) in [4.78, 5) is 18.5. The Hall–Kier alpha value is -3.12. The highest BCUT2D eigenvalue weighted by Crippen LogP contribution is 2.34. The number of rotatable bonds is 6. The SMILES string of the molecule is CNc1cccc([C@H]2CCCN2Cc2ccc(-c3ccccc3C(=O)O)o2)n1. The van der Waals surface area contributed by atoms with Crippen LogP contribution in [-0.4, -0.2) is 34.6 Å². The van der Waals surface area contributed by atoms with E-state index in [0.29, 0.717) is 17.9 Å². The molecule has 3 aromatic rings. The molecule has 0 unspecified atom stereocenters. The van der Waals surface area contributed by atoms with Crippen molar-refractivity contribution < 1.29 is 14.3 Å². The first kappa shape index (κ1) is 18.3. The number of aromatic carboxylic acids is 1. The molecule has 0 aliphatic carbocycles. The number of carbonyl (C=O) groups is 1. The molecule has 1 atom stereocenters. The van der Waals surface area contributed by atoms with Crippen molar-refractivity contribution in [3.05, 3.63) is 71.6 Å². The van der Waals surface area contributed by atoms with Crippen molar-refractivity contribution in [3.8, 4) is 11.3 Å². The predicted octanol–water partition coefficient (Wildman–Crippen LogP) is 4.42. The Morgan fingerprint density at radius 3 is 2.89 bits per heavy atom. The molecule has 6 heteroatoms. The first-order chi connectivity index (χ1) is 13.7. The van der Waals surface area contributed by atoms with Crippen molar-refractivity contribution in [1.82, 2.24) is 9.88 Å². The smallest absolute Gasteiger partial charge is 0.336 e. The van der Waals surface area contributed by atoms with E-state index in [9.17, 15) is 9.90 Å². The van der Waals surface area contributed by atoms with Crippen molar-refractivity contribution in [2.75, 3.05) is 18.9 Å². The van der Waals surface area contributed by atoms with E-state index in [-0.39, 0.29) is 11.6 Å². The third-order valence-electron chi connectivity index (χ3n) is 5.18. The highest BCUT2D eigenvalue weighted by molar-refractivity contribution is 5.95. The molecule has 1 aromatic carbocycles. The molecular formula is C22H23N3O3. The van der Waals surface area contributed by atoms with Crippen molar-refractivity contribution in [3.63, 3.8) is 0 Å². The summed E-state index contributed by atoms with van der Waals surface area (Å²) in [5.74, 6) is 1.32. The normalized spacial score (nSPS) is 17.0. The van der Waals surface area contributed by atoms with Gasteiger partial charge in [-0.25, -0.2) is 9.78 Å². The molecule has 3 heterocycles. The number of hydrogen-bond acceptors (Lipinski definition) is 5. The number of nitrogens with one attached hydrogen (secondary N) is 1. The number of aromatic nitrogens is 1. The van der Waals surface area contributed by atoms with Gasteiger partial charge in [0.25, 0.3) is 0 Å². The van der Waals surface area contributed by atoms with Crippen molar-refractivity contribution in [1.29, 1.82) is 0 Å². The number of pyridine rings is 1. The Balaban J connectivity index is 1.54. The van der Waals surface area contributed by atoms with Gasteiger partial charge in [0.05, 0.1) is 23.8 Å². The molecule has 4 rings (SSSR count). The van der Waals surface area contributed by atoms with Crippen LogP contribution in [0, 0.1) is 0 Å². The maximum Gasteiger partial charge on any atom is 0.336 e. The van der Waals surface area contributed by atoms with Gasteiger partial charge < -0.3 is 14.8 Å². The van der Waals surface area contributed by atoms with E-state index in [1.54, 1.807) is 18.2 Å². The summed E-state index contributed by atoms with van der Waals surface area (Å²) < 4.78 is 6.01. The number of carboxylic acids is 1. The number of nitrogens with zero attached hydrogens (tertiary/aromatic N) is 2. The van der Waals surface area contributed by atoms with Gasteiger partial charge in [0.1, 0.15) is 17.3 Å². The van der Waals surface area contributed by atoms with Gasteiger partial charge in [-0.05, 0) is 49.7 Å². The molecule has 144 valence electrons. The number of likely N-dealkylation sites (tertiary alicyclic amines) is 1. The predicted molar refractivity (Wildman–Crippen MR) is 107 cm³/mol. The third-order valence-corrected chi connectivity index (χ3v) is 5.18. The number of benzene rings is 1. The second-order valence-corrected chi connectivity index (χ2v) is 6.94. The van der Waals surface area contributed by atoms with Crippen LogP contribution in [0.1, 0.15) is 40.7 Å². The minimum absolute atomic E-state index is 0.246. The second-order valence-electron chi connectivity index (χ2n) is 6.94. The number of furan rings is 1. The monoisotopic (exact) mass is 377 g/mol. The molecule has 28 heavy (non-hydrogen) atoms. The summed E-state index contributed by atoms with van der Waals surface area (Å²) in [6.45, 7) is 1.66. The molecule has 1 saturated heterocycles. The van der Waals surface area contributed by atoms with E-state index in [4.69, 9.17) is 9.40 Å². The zero-order chi connectivity index (χ0) is 19.5. The summed E-state index contributed by atoms with van der Waals surface area (Å²) in [5, 5.41) is 12.5. The van der Waals surface area contributed by atoms with Gasteiger partial charge in [0.2, 0.25) is 0 Å². The second kappa shape index (κ2) is 7.86. The first-order valence-corrected chi connectivity index (χ1v) is 9.46. The van der Waals surface area contributed by atoms with Crippen molar-refractivity contribution in [2.24, 2.45) is 0 Å². The summed E-state index contributed by atoms with van der Waals surface area (Å²) in [5.41, 5.74) is 1.91. The van der Waals surface area contributed by atoms with Gasteiger partial charge in [-0.2, -0.15) is 0 Å². The Labute approximate surface area is 163 Å². The molecule has 2 aromatic heterocycles. The van der Waals surface area contributed by atoms with Crippen LogP contribution in [-0.2, 0) is 6.54 Å². The minimum atomic E-state index is -0.955. The Morgan fingerprint density at radius 1 is 1.21 bits per heavy atom. The fourth-order valence-corrected chi connectivity index (χ4v) is 3.82. The third kappa shape index (κ3) is 3.64. The molecule has 2 N–H and O–H groups in total. The first-order valence-electron chi connectivity index (χ1n) is 9.46. The van der Waals surface area contributed by atoms with Gasteiger partial charge in [0, 0.05) is 12.6 Å². The average molecular weight is 377 g/mol. The molecular weight excluding hydrogens is 354 g/mol. The highest BCUT2D eigenvalue weighted by Gasteiger charge is 2.28. The maximum atomic E-state index is 11.5. The lowest BCUT2D eigenvalue weighted by Crippen LogP contribution is -2.23. The molecule has 0 amide bonds. The Bertz CT molecular complexity index is 982. The van der Waals surface area contributed by atoms with Crippen LogP contribution in [0.2, 0.25) is 0 Å². The largest absolute Gasteiger partial charge is 0.478 e. The molecule has 6 nitrogen and oxygen atoms in total. The van der Waals surface area contributed by atoms with E-state index in [0.717, 1.165) is 36.7 Å². The van der Waals surface area contributed by atoms with E-state index in [1.165, 1.54) is 0 Å². The van der Waals surface area contributed by atoms with Crippen LogP contribution in [0.15, 0.2) is 59.0 Å². The maximum absolute atomic E-state index is 11.5. The van der Waals surface area contributed by atoms with Crippen LogP contribution >= 0.6 is 0 Å². The number of carboxylic acid groups (broad SMARTS) is 1. The molecule has 0 saturated carbocycles. The lowest BCUT2D eigenvalue weighted by molar-refractivity contribution is 0.0697. The zero-order valence-corrected chi connectivity index (χ0v) is 15.8. The highest BCUT2D eigenvalue weighted by atomic mass is 16.4. The van der Waals surface area contributed by atoms with Gasteiger partial charge in [0.15, 0.2) is 0 Å². The van der Waals surface area contributed by atoms with E-state index < -0.39 is 5.97 Å². The van der Waals surface area contributed by atoms with Gasteiger partial charge in [-0.1, -0.05) is 24.3 Å². The van der Waals surface area contributed by atoms with E-state index >= 15 is 0 Å². The Morgan fingerprint density at radius 2 is 2.07 bits per heavy atom. The quantitative estimate of drug-likeness (QED) is 0.662.